The molecule has 0 amide bonds. The van der Waals surface area contributed by atoms with E-state index in [1.165, 1.54) is 0 Å². The van der Waals surface area contributed by atoms with Gasteiger partial charge in [-0.15, -0.1) is 0 Å². The number of nitrogens with zero attached hydrogens (tertiary/aromatic N) is 1. The van der Waals surface area contributed by atoms with Gasteiger partial charge in [-0.1, -0.05) is 36.7 Å². The molecule has 1 aromatic heterocycles. The zero-order valence-electron chi connectivity index (χ0n) is 13.4. The molecule has 114 valence electrons. The molecule has 2 aromatic rings. The average Bonchev–Trinajstić information content (AvgIpc) is 2.30. The van der Waals surface area contributed by atoms with Crippen LogP contribution in [-0.2, 0) is 0 Å². The van der Waals surface area contributed by atoms with E-state index in [0.29, 0.717) is 5.69 Å². The summed E-state index contributed by atoms with van der Waals surface area (Å²) in [5.41, 5.74) is 8.96. The molecule has 21 heavy (non-hydrogen) atoms. The Kier molecular flexibility index (Phi) is 4.20. The van der Waals surface area contributed by atoms with Gasteiger partial charge in [0.25, 0.3) is 0 Å². The summed E-state index contributed by atoms with van der Waals surface area (Å²) in [6.07, 6.45) is 2.77. The van der Waals surface area contributed by atoms with E-state index in [9.17, 15) is 0 Å². The van der Waals surface area contributed by atoms with Crippen molar-refractivity contribution in [2.45, 2.75) is 46.6 Å². The van der Waals surface area contributed by atoms with E-state index in [1.54, 1.807) is 6.20 Å². The van der Waals surface area contributed by atoms with Crippen molar-refractivity contribution in [2.75, 3.05) is 11.1 Å². The second-order valence-electron chi connectivity index (χ2n) is 7.50. The largest absolute Gasteiger partial charge is 0.396 e. The third-order valence-electron chi connectivity index (χ3n) is 3.29. The molecule has 0 unspecified atom stereocenters. The van der Waals surface area contributed by atoms with Crippen LogP contribution in [0.4, 0.5) is 11.4 Å². The summed E-state index contributed by atoms with van der Waals surface area (Å²) in [5, 5.41) is 4.68. The van der Waals surface area contributed by atoms with Crippen molar-refractivity contribution in [1.82, 2.24) is 4.98 Å². The Labute approximate surface area is 135 Å². The van der Waals surface area contributed by atoms with Crippen LogP contribution in [0.3, 0.4) is 0 Å². The summed E-state index contributed by atoms with van der Waals surface area (Å²) < 4.78 is 1.03. The van der Waals surface area contributed by atoms with E-state index in [4.69, 9.17) is 5.73 Å². The van der Waals surface area contributed by atoms with Crippen molar-refractivity contribution < 1.29 is 0 Å². The van der Waals surface area contributed by atoms with Crippen LogP contribution >= 0.6 is 15.9 Å². The molecule has 2 rings (SSSR count). The van der Waals surface area contributed by atoms with Crippen molar-refractivity contribution in [3.63, 3.8) is 0 Å². The molecule has 0 aliphatic rings. The maximum absolute atomic E-state index is 6.17. The SMILES string of the molecule is CC(C)(C)CC(C)(C)Nc1c(N)cnc2ccc(Br)cc12. The van der Waals surface area contributed by atoms with Gasteiger partial charge in [0, 0.05) is 15.4 Å². The second-order valence-corrected chi connectivity index (χ2v) is 8.41. The number of pyridine rings is 1. The number of nitrogen functional groups attached to an aromatic ring is 1. The monoisotopic (exact) mass is 349 g/mol. The van der Waals surface area contributed by atoms with Crippen LogP contribution in [0.25, 0.3) is 10.9 Å². The minimum absolute atomic E-state index is 0.0526. The normalized spacial score (nSPS) is 12.7. The highest BCUT2D eigenvalue weighted by atomic mass is 79.9. The maximum Gasteiger partial charge on any atom is 0.0743 e. The van der Waals surface area contributed by atoms with Crippen LogP contribution in [0.5, 0.6) is 0 Å². The van der Waals surface area contributed by atoms with Gasteiger partial charge in [0.1, 0.15) is 0 Å². The molecular formula is C17H24BrN3. The highest BCUT2D eigenvalue weighted by Gasteiger charge is 2.26. The molecule has 3 N–H and O–H groups in total. The molecule has 0 aliphatic carbocycles. The Bertz CT molecular complexity index is 652. The number of halogens is 1. The zero-order chi connectivity index (χ0) is 15.8. The molecule has 0 saturated heterocycles. The molecule has 1 heterocycles. The third kappa shape index (κ3) is 4.10. The van der Waals surface area contributed by atoms with Gasteiger partial charge >= 0.3 is 0 Å². The maximum atomic E-state index is 6.17. The summed E-state index contributed by atoms with van der Waals surface area (Å²) in [7, 11) is 0. The van der Waals surface area contributed by atoms with Gasteiger partial charge < -0.3 is 11.1 Å². The van der Waals surface area contributed by atoms with Crippen LogP contribution in [0.2, 0.25) is 0 Å². The first-order valence-electron chi connectivity index (χ1n) is 7.19. The molecular weight excluding hydrogens is 326 g/mol. The van der Waals surface area contributed by atoms with Crippen LogP contribution < -0.4 is 11.1 Å². The van der Waals surface area contributed by atoms with E-state index in [0.717, 1.165) is 27.5 Å². The van der Waals surface area contributed by atoms with Crippen LogP contribution in [0.1, 0.15) is 41.0 Å². The van der Waals surface area contributed by atoms with Crippen LogP contribution in [0, 0.1) is 5.41 Å². The van der Waals surface area contributed by atoms with Gasteiger partial charge in [-0.3, -0.25) is 4.98 Å². The second kappa shape index (κ2) is 5.48. The number of nitrogens with two attached hydrogens (primary N) is 1. The van der Waals surface area contributed by atoms with Crippen molar-refractivity contribution in [3.8, 4) is 0 Å². The first kappa shape index (κ1) is 16.1. The number of nitrogens with one attached hydrogen (secondary N) is 1. The Hall–Kier alpha value is -1.29. The summed E-state index contributed by atoms with van der Waals surface area (Å²) in [6.45, 7) is 11.2. The van der Waals surface area contributed by atoms with Gasteiger partial charge in [0.15, 0.2) is 0 Å². The van der Waals surface area contributed by atoms with Gasteiger partial charge in [0.05, 0.1) is 23.1 Å². The van der Waals surface area contributed by atoms with Crippen LogP contribution in [-0.4, -0.2) is 10.5 Å². The number of aromatic nitrogens is 1. The fourth-order valence-electron chi connectivity index (χ4n) is 3.03. The van der Waals surface area contributed by atoms with E-state index >= 15 is 0 Å². The first-order chi connectivity index (χ1) is 9.57. The van der Waals surface area contributed by atoms with E-state index in [2.05, 4.69) is 66.9 Å². The number of fused-ring (bicyclic) bond motifs is 1. The predicted molar refractivity (Wildman–Crippen MR) is 95.6 cm³/mol. The topological polar surface area (TPSA) is 50.9 Å². The zero-order valence-corrected chi connectivity index (χ0v) is 15.0. The Morgan fingerprint density at radius 1 is 1.19 bits per heavy atom. The van der Waals surface area contributed by atoms with Crippen molar-refractivity contribution in [2.24, 2.45) is 5.41 Å². The molecule has 0 atom stereocenters. The Morgan fingerprint density at radius 3 is 2.48 bits per heavy atom. The fraction of sp³-hybridized carbons (Fsp3) is 0.471. The van der Waals surface area contributed by atoms with Gasteiger partial charge in [-0.05, 0) is 43.9 Å². The van der Waals surface area contributed by atoms with Crippen molar-refractivity contribution in [3.05, 3.63) is 28.9 Å². The Balaban J connectivity index is 2.46. The lowest BCUT2D eigenvalue weighted by atomic mass is 9.81. The lowest BCUT2D eigenvalue weighted by molar-refractivity contribution is 0.302. The minimum atomic E-state index is -0.0526. The van der Waals surface area contributed by atoms with E-state index < -0.39 is 0 Å². The quantitative estimate of drug-likeness (QED) is 0.799. The smallest absolute Gasteiger partial charge is 0.0743 e. The molecule has 0 fully saturated rings. The molecule has 0 bridgehead atoms. The molecule has 3 nitrogen and oxygen atoms in total. The summed E-state index contributed by atoms with van der Waals surface area (Å²) in [5.74, 6) is 0. The van der Waals surface area contributed by atoms with E-state index in [-0.39, 0.29) is 11.0 Å². The summed E-state index contributed by atoms with van der Waals surface area (Å²) >= 11 is 3.52. The molecule has 0 saturated carbocycles. The number of hydrogen-bond acceptors (Lipinski definition) is 3. The van der Waals surface area contributed by atoms with E-state index in [1.807, 2.05) is 12.1 Å². The summed E-state index contributed by atoms with van der Waals surface area (Å²) in [6, 6.07) is 6.06. The van der Waals surface area contributed by atoms with Gasteiger partial charge in [0.2, 0.25) is 0 Å². The predicted octanol–water partition coefficient (Wildman–Crippen LogP) is 5.21. The van der Waals surface area contributed by atoms with Gasteiger partial charge in [-0.2, -0.15) is 0 Å². The fourth-order valence-corrected chi connectivity index (χ4v) is 3.39. The van der Waals surface area contributed by atoms with Crippen LogP contribution in [0.15, 0.2) is 28.9 Å². The minimum Gasteiger partial charge on any atom is -0.396 e. The number of hydrogen-bond donors (Lipinski definition) is 2. The molecule has 0 spiro atoms. The molecule has 0 aliphatic heterocycles. The summed E-state index contributed by atoms with van der Waals surface area (Å²) in [4.78, 5) is 4.40. The number of rotatable bonds is 3. The standard InChI is InChI=1S/C17H24BrN3/c1-16(2,3)10-17(4,5)21-15-12-8-11(18)6-7-14(12)20-9-13(15)19/h6-9H,10,19H2,1-5H3,(H,20,21). The first-order valence-corrected chi connectivity index (χ1v) is 7.99. The number of benzene rings is 1. The van der Waals surface area contributed by atoms with Gasteiger partial charge in [-0.25, -0.2) is 0 Å². The lowest BCUT2D eigenvalue weighted by Crippen LogP contribution is -2.35. The molecule has 4 heteroatoms. The average molecular weight is 350 g/mol. The molecule has 0 radical (unpaired) electrons. The van der Waals surface area contributed by atoms with Crippen molar-refractivity contribution in [1.29, 1.82) is 0 Å². The Morgan fingerprint density at radius 2 is 1.86 bits per heavy atom. The van der Waals surface area contributed by atoms with Crippen molar-refractivity contribution >= 4 is 38.2 Å². The number of anilines is 2. The highest BCUT2D eigenvalue weighted by molar-refractivity contribution is 9.10. The lowest BCUT2D eigenvalue weighted by Gasteiger charge is -2.35. The highest BCUT2D eigenvalue weighted by Crippen LogP contribution is 2.35. The molecule has 1 aromatic carbocycles. The third-order valence-corrected chi connectivity index (χ3v) is 3.79.